The lowest BCUT2D eigenvalue weighted by atomic mass is 10.2. The van der Waals surface area contributed by atoms with Gasteiger partial charge in [-0.15, -0.1) is 0 Å². The molecule has 0 saturated heterocycles. The van der Waals surface area contributed by atoms with Crippen LogP contribution in [0.5, 0.6) is 5.75 Å². The van der Waals surface area contributed by atoms with E-state index in [1.165, 1.54) is 17.2 Å². The molecule has 0 spiro atoms. The largest absolute Gasteiger partial charge is 0.484 e. The highest BCUT2D eigenvalue weighted by Crippen LogP contribution is 2.17. The molecule has 1 amide bonds. The van der Waals surface area contributed by atoms with Gasteiger partial charge in [-0.3, -0.25) is 15.0 Å². The molecule has 0 aliphatic heterocycles. The third kappa shape index (κ3) is 3.97. The van der Waals surface area contributed by atoms with Gasteiger partial charge in [-0.25, -0.2) is 14.3 Å². The fourth-order valence-electron chi connectivity index (χ4n) is 2.74. The van der Waals surface area contributed by atoms with Gasteiger partial charge in [0.05, 0.1) is 11.9 Å². The Hall–Kier alpha value is -3.65. The van der Waals surface area contributed by atoms with Crippen LogP contribution in [0, 0.1) is 6.92 Å². The Balaban J connectivity index is 1.53. The van der Waals surface area contributed by atoms with E-state index >= 15 is 0 Å². The highest BCUT2D eigenvalue weighted by molar-refractivity contribution is 6.30. The number of nitrogens with one attached hydrogen (secondary N) is 1. The van der Waals surface area contributed by atoms with Crippen LogP contribution in [-0.4, -0.2) is 32.0 Å². The predicted octanol–water partition coefficient (Wildman–Crippen LogP) is 2.69. The standard InChI is InChI=1S/C20H16ClN5O3/c1-13-5-7-16(8-6-13)29-11-18(27)24-25-12-22-19-17(20(25)28)10-23-26(19)15-4-2-3-14(21)9-15/h2-10,12H,11H2,1H3,(H,24,27). The second-order valence-electron chi connectivity index (χ2n) is 6.33. The van der Waals surface area contributed by atoms with E-state index in [2.05, 4.69) is 15.5 Å². The highest BCUT2D eigenvalue weighted by Gasteiger charge is 2.13. The van der Waals surface area contributed by atoms with Crippen LogP contribution >= 0.6 is 11.6 Å². The Kier molecular flexibility index (Phi) is 5.01. The van der Waals surface area contributed by atoms with Crippen molar-refractivity contribution < 1.29 is 9.53 Å². The van der Waals surface area contributed by atoms with Gasteiger partial charge in [-0.2, -0.15) is 5.10 Å². The fourth-order valence-corrected chi connectivity index (χ4v) is 2.92. The van der Waals surface area contributed by atoms with Crippen LogP contribution in [0.1, 0.15) is 5.56 Å². The van der Waals surface area contributed by atoms with E-state index in [9.17, 15) is 9.59 Å². The van der Waals surface area contributed by atoms with Gasteiger partial charge in [-0.05, 0) is 37.3 Å². The van der Waals surface area contributed by atoms with Gasteiger partial charge < -0.3 is 4.74 Å². The van der Waals surface area contributed by atoms with Gasteiger partial charge in [0.15, 0.2) is 12.3 Å². The monoisotopic (exact) mass is 409 g/mol. The van der Waals surface area contributed by atoms with Crippen LogP contribution in [0.25, 0.3) is 16.7 Å². The smallest absolute Gasteiger partial charge is 0.283 e. The number of nitrogens with zero attached hydrogens (tertiary/aromatic N) is 4. The van der Waals surface area contributed by atoms with Crippen molar-refractivity contribution in [2.45, 2.75) is 6.92 Å². The highest BCUT2D eigenvalue weighted by atomic mass is 35.5. The molecule has 0 bridgehead atoms. The number of carbonyl (C=O) groups is 1. The summed E-state index contributed by atoms with van der Waals surface area (Å²) < 4.78 is 7.94. The van der Waals surface area contributed by atoms with Crippen LogP contribution in [0.15, 0.2) is 65.8 Å². The molecule has 4 rings (SSSR count). The summed E-state index contributed by atoms with van der Waals surface area (Å²) in [5.41, 5.74) is 4.13. The molecule has 0 unspecified atom stereocenters. The minimum absolute atomic E-state index is 0.241. The number of benzene rings is 2. The summed E-state index contributed by atoms with van der Waals surface area (Å²) in [4.78, 5) is 29.1. The number of amides is 1. The molecule has 2 heterocycles. The number of ether oxygens (including phenoxy) is 1. The number of fused-ring (bicyclic) bond motifs is 1. The minimum atomic E-state index is -0.490. The van der Waals surface area contributed by atoms with Crippen molar-refractivity contribution in [2.75, 3.05) is 12.0 Å². The van der Waals surface area contributed by atoms with Crippen molar-refractivity contribution in [2.24, 2.45) is 0 Å². The summed E-state index contributed by atoms with van der Waals surface area (Å²) in [6.45, 7) is 1.72. The van der Waals surface area contributed by atoms with Crippen LogP contribution in [0.2, 0.25) is 5.02 Å². The third-order valence-electron chi connectivity index (χ3n) is 4.18. The molecule has 0 radical (unpaired) electrons. The molecule has 9 heteroatoms. The fraction of sp³-hybridized carbons (Fsp3) is 0.100. The average molecular weight is 410 g/mol. The number of carbonyl (C=O) groups excluding carboxylic acids is 1. The topological polar surface area (TPSA) is 91.0 Å². The zero-order valence-electron chi connectivity index (χ0n) is 15.4. The quantitative estimate of drug-likeness (QED) is 0.547. The summed E-state index contributed by atoms with van der Waals surface area (Å²) in [7, 11) is 0. The maximum atomic E-state index is 12.7. The lowest BCUT2D eigenvalue weighted by Gasteiger charge is -2.09. The second kappa shape index (κ2) is 7.76. The summed E-state index contributed by atoms with van der Waals surface area (Å²) in [5.74, 6) is 0.0746. The van der Waals surface area contributed by atoms with Crippen molar-refractivity contribution >= 4 is 28.5 Å². The van der Waals surface area contributed by atoms with Crippen LogP contribution < -0.4 is 15.7 Å². The molecule has 146 valence electrons. The molecule has 0 aliphatic carbocycles. The van der Waals surface area contributed by atoms with Crippen LogP contribution in [0.4, 0.5) is 0 Å². The van der Waals surface area contributed by atoms with E-state index in [0.717, 1.165) is 10.2 Å². The molecular formula is C20H16ClN5O3. The molecule has 4 aromatic rings. The number of aromatic nitrogens is 4. The van der Waals surface area contributed by atoms with Crippen molar-refractivity contribution in [3.8, 4) is 11.4 Å². The number of hydrogen-bond acceptors (Lipinski definition) is 5. The van der Waals surface area contributed by atoms with Crippen molar-refractivity contribution in [1.82, 2.24) is 19.4 Å². The number of halogens is 1. The predicted molar refractivity (Wildman–Crippen MR) is 109 cm³/mol. The Bertz CT molecular complexity index is 1250. The first-order valence-electron chi connectivity index (χ1n) is 8.72. The lowest BCUT2D eigenvalue weighted by Crippen LogP contribution is -2.35. The SMILES string of the molecule is Cc1ccc(OCC(=O)Nn2cnc3c(cnn3-c3cccc(Cl)c3)c2=O)cc1. The van der Waals surface area contributed by atoms with Gasteiger partial charge in [0.25, 0.3) is 11.5 Å². The molecular weight excluding hydrogens is 394 g/mol. The van der Waals surface area contributed by atoms with Crippen molar-refractivity contribution in [1.29, 1.82) is 0 Å². The van der Waals surface area contributed by atoms with Crippen molar-refractivity contribution in [3.05, 3.63) is 82.0 Å². The summed E-state index contributed by atoms with van der Waals surface area (Å²) >= 11 is 6.02. The van der Waals surface area contributed by atoms with Crippen LogP contribution in [0.3, 0.4) is 0 Å². The number of rotatable bonds is 5. The third-order valence-corrected chi connectivity index (χ3v) is 4.41. The molecule has 2 aromatic carbocycles. The van der Waals surface area contributed by atoms with E-state index < -0.39 is 11.5 Å². The number of aryl methyl sites for hydroxylation is 1. The van der Waals surface area contributed by atoms with Crippen molar-refractivity contribution in [3.63, 3.8) is 0 Å². The second-order valence-corrected chi connectivity index (χ2v) is 6.77. The molecule has 29 heavy (non-hydrogen) atoms. The first-order chi connectivity index (χ1) is 14.0. The van der Waals surface area contributed by atoms with Gasteiger partial charge in [-0.1, -0.05) is 35.4 Å². The lowest BCUT2D eigenvalue weighted by molar-refractivity contribution is -0.119. The van der Waals surface area contributed by atoms with Gasteiger partial charge in [0.2, 0.25) is 0 Å². The van der Waals surface area contributed by atoms with E-state index in [1.54, 1.807) is 36.4 Å². The van der Waals surface area contributed by atoms with Gasteiger partial charge >= 0.3 is 0 Å². The maximum absolute atomic E-state index is 12.7. The first-order valence-corrected chi connectivity index (χ1v) is 9.10. The molecule has 8 nitrogen and oxygen atoms in total. The van der Waals surface area contributed by atoms with Gasteiger partial charge in [0.1, 0.15) is 17.5 Å². The van der Waals surface area contributed by atoms with E-state index in [-0.39, 0.29) is 12.0 Å². The summed E-state index contributed by atoms with van der Waals surface area (Å²) in [5, 5.41) is 5.01. The molecule has 0 fully saturated rings. The maximum Gasteiger partial charge on any atom is 0.283 e. The summed E-state index contributed by atoms with van der Waals surface area (Å²) in [6, 6.07) is 14.3. The zero-order valence-corrected chi connectivity index (χ0v) is 16.1. The Morgan fingerprint density at radius 2 is 2.00 bits per heavy atom. The molecule has 0 saturated carbocycles. The molecule has 0 atom stereocenters. The van der Waals surface area contributed by atoms with E-state index in [1.807, 2.05) is 19.1 Å². The Morgan fingerprint density at radius 1 is 1.21 bits per heavy atom. The van der Waals surface area contributed by atoms with Crippen LogP contribution in [-0.2, 0) is 4.79 Å². The zero-order chi connectivity index (χ0) is 20.4. The molecule has 0 aliphatic rings. The normalized spacial score (nSPS) is 10.8. The number of hydrogen-bond donors (Lipinski definition) is 1. The summed E-state index contributed by atoms with van der Waals surface area (Å²) in [6.07, 6.45) is 2.63. The minimum Gasteiger partial charge on any atom is -0.484 e. The Labute approximate surface area is 170 Å². The Morgan fingerprint density at radius 3 is 2.76 bits per heavy atom. The van der Waals surface area contributed by atoms with E-state index in [0.29, 0.717) is 22.1 Å². The van der Waals surface area contributed by atoms with E-state index in [4.69, 9.17) is 16.3 Å². The first kappa shape index (κ1) is 18.7. The molecule has 2 aromatic heterocycles. The van der Waals surface area contributed by atoms with Gasteiger partial charge in [0, 0.05) is 5.02 Å². The molecule has 1 N–H and O–H groups in total. The average Bonchev–Trinajstić information content (AvgIpc) is 3.15.